The van der Waals surface area contributed by atoms with Crippen LogP contribution in [0.15, 0.2) is 6.07 Å². The van der Waals surface area contributed by atoms with E-state index in [0.717, 1.165) is 6.07 Å². The zero-order valence-corrected chi connectivity index (χ0v) is 7.74. The standard InChI is InChI=1S/C7H11BF3N2/c1-7(2,3)5-4-6(13-12-5)8(9,10)11/h4H,1-3H3,(H,12,13)/q-1. The lowest BCUT2D eigenvalue weighted by molar-refractivity contribution is 0.498. The van der Waals surface area contributed by atoms with Gasteiger partial charge in [-0.1, -0.05) is 20.8 Å². The molecule has 0 aliphatic heterocycles. The molecular formula is C7H11BF3N2-. The van der Waals surface area contributed by atoms with Crippen molar-refractivity contribution in [3.8, 4) is 0 Å². The largest absolute Gasteiger partial charge is 0.527 e. The summed E-state index contributed by atoms with van der Waals surface area (Å²) in [4.78, 5) is 0. The Morgan fingerprint density at radius 2 is 1.85 bits per heavy atom. The molecule has 6 heteroatoms. The Kier molecular flexibility index (Phi) is 2.17. The molecule has 0 unspecified atom stereocenters. The number of nitrogens with one attached hydrogen (secondary N) is 1. The van der Waals surface area contributed by atoms with Gasteiger partial charge < -0.3 is 18.0 Å². The molecule has 0 atom stereocenters. The third-order valence-corrected chi connectivity index (χ3v) is 1.72. The summed E-state index contributed by atoms with van der Waals surface area (Å²) in [6.45, 7) is 0.493. The van der Waals surface area contributed by atoms with E-state index in [2.05, 4.69) is 5.10 Å². The Labute approximate surface area is 74.6 Å². The minimum atomic E-state index is -4.95. The quantitative estimate of drug-likeness (QED) is 0.673. The highest BCUT2D eigenvalue weighted by atomic mass is 19.4. The van der Waals surface area contributed by atoms with Crippen molar-refractivity contribution in [2.24, 2.45) is 0 Å². The highest BCUT2D eigenvalue weighted by Crippen LogP contribution is 2.19. The van der Waals surface area contributed by atoms with Gasteiger partial charge in [0.25, 0.3) is 0 Å². The van der Waals surface area contributed by atoms with Gasteiger partial charge >= 0.3 is 6.98 Å². The molecule has 1 N–H and O–H groups in total. The average Bonchev–Trinajstić information content (AvgIpc) is 2.28. The summed E-state index contributed by atoms with van der Waals surface area (Å²) in [6, 6.07) is 1.07. The van der Waals surface area contributed by atoms with E-state index in [1.165, 1.54) is 0 Å². The molecule has 1 aromatic rings. The number of halogens is 3. The second-order valence-electron chi connectivity index (χ2n) is 4.03. The van der Waals surface area contributed by atoms with Gasteiger partial charge in [0.15, 0.2) is 0 Å². The molecule has 0 aliphatic carbocycles. The summed E-state index contributed by atoms with van der Waals surface area (Å²) in [5.74, 6) is 0. The zero-order chi connectivity index (χ0) is 10.3. The van der Waals surface area contributed by atoms with Gasteiger partial charge in [0.05, 0.1) is 5.69 Å². The van der Waals surface area contributed by atoms with Crippen molar-refractivity contribution in [3.63, 3.8) is 0 Å². The van der Waals surface area contributed by atoms with Crippen LogP contribution in [0, 0.1) is 0 Å². The number of aromatic amines is 1. The van der Waals surface area contributed by atoms with Gasteiger partial charge in [0, 0.05) is 5.41 Å². The predicted molar refractivity (Wildman–Crippen MR) is 46.0 cm³/mol. The summed E-state index contributed by atoms with van der Waals surface area (Å²) in [7, 11) is 0. The van der Waals surface area contributed by atoms with E-state index < -0.39 is 12.6 Å². The number of H-pyrrole nitrogens is 1. The second kappa shape index (κ2) is 2.78. The molecule has 0 bridgehead atoms. The Morgan fingerprint density at radius 3 is 2.08 bits per heavy atom. The van der Waals surface area contributed by atoms with Crippen LogP contribution in [-0.2, 0) is 5.41 Å². The number of hydrogen-bond acceptors (Lipinski definition) is 1. The molecule has 1 aromatic heterocycles. The fraction of sp³-hybridized carbons (Fsp3) is 0.571. The molecule has 1 heterocycles. The van der Waals surface area contributed by atoms with Crippen LogP contribution in [0.25, 0.3) is 0 Å². The third-order valence-electron chi connectivity index (χ3n) is 1.72. The molecule has 13 heavy (non-hydrogen) atoms. The lowest BCUT2D eigenvalue weighted by Gasteiger charge is -2.14. The molecule has 0 fully saturated rings. The fourth-order valence-corrected chi connectivity index (χ4v) is 0.889. The van der Waals surface area contributed by atoms with Gasteiger partial charge in [-0.3, -0.25) is 0 Å². The summed E-state index contributed by atoms with van der Waals surface area (Å²) < 4.78 is 36.5. The van der Waals surface area contributed by atoms with Crippen molar-refractivity contribution in [2.45, 2.75) is 26.2 Å². The molecular weight excluding hydrogens is 180 g/mol. The van der Waals surface area contributed by atoms with Crippen LogP contribution in [0.2, 0.25) is 0 Å². The Bertz CT molecular complexity index is 269. The van der Waals surface area contributed by atoms with Gasteiger partial charge in [-0.15, -0.1) is 0 Å². The fourth-order valence-electron chi connectivity index (χ4n) is 0.889. The lowest BCUT2D eigenvalue weighted by Crippen LogP contribution is -2.35. The molecule has 1 rings (SSSR count). The Balaban J connectivity index is 3.01. The number of rotatable bonds is 1. The average molecular weight is 191 g/mol. The van der Waals surface area contributed by atoms with Gasteiger partial charge in [0.2, 0.25) is 0 Å². The van der Waals surface area contributed by atoms with Crippen molar-refractivity contribution in [3.05, 3.63) is 11.8 Å². The van der Waals surface area contributed by atoms with E-state index in [4.69, 9.17) is 0 Å². The zero-order valence-electron chi connectivity index (χ0n) is 7.74. The molecule has 0 radical (unpaired) electrons. The number of nitrogens with zero attached hydrogens (tertiary/aromatic N) is 1. The van der Waals surface area contributed by atoms with E-state index in [1.807, 2.05) is 25.9 Å². The molecule has 0 saturated carbocycles. The SMILES string of the molecule is CC(C)(C)c1cc([B-](F)(F)F)[nH]n1. The number of aromatic nitrogens is 2. The Morgan fingerprint density at radius 1 is 1.31 bits per heavy atom. The van der Waals surface area contributed by atoms with Crippen LogP contribution < -0.4 is 5.59 Å². The van der Waals surface area contributed by atoms with E-state index in [9.17, 15) is 12.9 Å². The van der Waals surface area contributed by atoms with Crippen molar-refractivity contribution in [1.29, 1.82) is 0 Å². The second-order valence-corrected chi connectivity index (χ2v) is 4.03. The van der Waals surface area contributed by atoms with Gasteiger partial charge in [0.1, 0.15) is 0 Å². The van der Waals surface area contributed by atoms with Crippen molar-refractivity contribution < 1.29 is 12.9 Å². The minimum absolute atomic E-state index is 0.351. The smallest absolute Gasteiger partial charge is 0.444 e. The normalized spacial score (nSPS) is 13.4. The highest BCUT2D eigenvalue weighted by molar-refractivity contribution is 6.72. The van der Waals surface area contributed by atoms with Crippen molar-refractivity contribution >= 4 is 12.6 Å². The maximum absolute atomic E-state index is 12.2. The van der Waals surface area contributed by atoms with Gasteiger partial charge in [-0.2, -0.15) is 5.10 Å². The topological polar surface area (TPSA) is 28.7 Å². The number of hydrogen-bond donors (Lipinski definition) is 1. The first-order valence-electron chi connectivity index (χ1n) is 3.97. The highest BCUT2D eigenvalue weighted by Gasteiger charge is 2.29. The lowest BCUT2D eigenvalue weighted by atomic mass is 9.84. The van der Waals surface area contributed by atoms with E-state index in [1.54, 1.807) is 0 Å². The van der Waals surface area contributed by atoms with E-state index in [0.29, 0.717) is 5.69 Å². The van der Waals surface area contributed by atoms with Gasteiger partial charge in [-0.25, -0.2) is 0 Å². The van der Waals surface area contributed by atoms with Crippen molar-refractivity contribution in [2.75, 3.05) is 0 Å². The van der Waals surface area contributed by atoms with E-state index in [-0.39, 0.29) is 5.41 Å². The van der Waals surface area contributed by atoms with Crippen LogP contribution >= 0.6 is 0 Å². The molecule has 0 aromatic carbocycles. The van der Waals surface area contributed by atoms with Crippen LogP contribution in [0.3, 0.4) is 0 Å². The first kappa shape index (κ1) is 10.1. The monoisotopic (exact) mass is 191 g/mol. The molecule has 2 nitrogen and oxygen atoms in total. The molecule has 0 saturated heterocycles. The maximum Gasteiger partial charge on any atom is 0.527 e. The van der Waals surface area contributed by atoms with Gasteiger partial charge in [-0.05, 0) is 11.7 Å². The van der Waals surface area contributed by atoms with E-state index >= 15 is 0 Å². The minimum Gasteiger partial charge on any atom is -0.444 e. The summed E-state index contributed by atoms with van der Waals surface area (Å²) in [5.41, 5.74) is -0.651. The first-order chi connectivity index (χ1) is 5.71. The van der Waals surface area contributed by atoms with Crippen LogP contribution in [0.4, 0.5) is 12.9 Å². The van der Waals surface area contributed by atoms with Crippen LogP contribution in [0.1, 0.15) is 26.5 Å². The summed E-state index contributed by atoms with van der Waals surface area (Å²) >= 11 is 0. The third kappa shape index (κ3) is 2.26. The first-order valence-corrected chi connectivity index (χ1v) is 3.97. The molecule has 0 aliphatic rings. The molecule has 0 spiro atoms. The molecule has 74 valence electrons. The van der Waals surface area contributed by atoms with Crippen LogP contribution in [-0.4, -0.2) is 17.2 Å². The maximum atomic E-state index is 12.2. The summed E-state index contributed by atoms with van der Waals surface area (Å²) in [6.07, 6.45) is 0. The Hall–Kier alpha value is -0.935. The van der Waals surface area contributed by atoms with Crippen molar-refractivity contribution in [1.82, 2.24) is 10.2 Å². The predicted octanol–water partition coefficient (Wildman–Crippen LogP) is 1.76. The van der Waals surface area contributed by atoms with Crippen LogP contribution in [0.5, 0.6) is 0 Å². The molecule has 0 amide bonds. The summed E-state index contributed by atoms with van der Waals surface area (Å²) in [5, 5.41) is 5.63.